The van der Waals surface area contributed by atoms with Crippen molar-refractivity contribution in [2.75, 3.05) is 0 Å². The van der Waals surface area contributed by atoms with Gasteiger partial charge in [-0.25, -0.2) is 0 Å². The van der Waals surface area contributed by atoms with Crippen LogP contribution in [0, 0.1) is 11.3 Å². The average Bonchev–Trinajstić information content (AvgIpc) is 2.14. The Morgan fingerprint density at radius 2 is 1.79 bits per heavy atom. The molecule has 1 unspecified atom stereocenters. The molecule has 0 radical (unpaired) electrons. The maximum Gasteiger partial charge on any atom is 0.181 e. The van der Waals surface area contributed by atoms with E-state index in [2.05, 4.69) is 0 Å². The number of hydrogen-bond donors (Lipinski definition) is 0. The molecule has 0 saturated carbocycles. The summed E-state index contributed by atoms with van der Waals surface area (Å²) in [5, 5.41) is 9.57. The predicted molar refractivity (Wildman–Crippen MR) is 57.2 cm³/mol. The second kappa shape index (κ2) is 4.75. The molecule has 0 aliphatic heterocycles. The molecule has 0 spiro atoms. The Hall–Kier alpha value is -0.620. The highest BCUT2D eigenvalue weighted by molar-refractivity contribution is 6.43. The molecule has 2 nitrogen and oxygen atoms in total. The van der Waals surface area contributed by atoms with Gasteiger partial charge in [0.05, 0.1) is 15.1 Å². The molecule has 1 rings (SSSR count). The summed E-state index contributed by atoms with van der Waals surface area (Å²) in [5.74, 6) is 0.357. The van der Waals surface area contributed by atoms with Gasteiger partial charge in [0.2, 0.25) is 0 Å². The molecule has 0 aliphatic carbocycles. The van der Waals surface area contributed by atoms with Crippen molar-refractivity contribution in [3.05, 3.63) is 27.2 Å². The largest absolute Gasteiger partial charge is 0.474 e. The third kappa shape index (κ3) is 2.68. The Labute approximate surface area is 96.9 Å². The third-order valence-electron chi connectivity index (χ3n) is 1.46. The van der Waals surface area contributed by atoms with E-state index in [-0.39, 0.29) is 0 Å². The van der Waals surface area contributed by atoms with E-state index in [1.165, 1.54) is 12.1 Å². The fourth-order valence-electron chi connectivity index (χ4n) is 0.811. The van der Waals surface area contributed by atoms with E-state index in [1.807, 2.05) is 6.07 Å². The third-order valence-corrected chi connectivity index (χ3v) is 2.48. The van der Waals surface area contributed by atoms with Crippen LogP contribution in [0.5, 0.6) is 5.75 Å². The second-order valence-corrected chi connectivity index (χ2v) is 3.81. The summed E-state index contributed by atoms with van der Waals surface area (Å²) in [6.07, 6.45) is -0.579. The lowest BCUT2D eigenvalue weighted by atomic mass is 10.3. The Balaban J connectivity index is 2.99. The first-order valence-corrected chi connectivity index (χ1v) is 4.88. The summed E-state index contributed by atoms with van der Waals surface area (Å²) in [6, 6.07) is 4.88. The van der Waals surface area contributed by atoms with Crippen molar-refractivity contribution >= 4 is 34.8 Å². The zero-order chi connectivity index (χ0) is 10.7. The highest BCUT2D eigenvalue weighted by Gasteiger charge is 2.09. The quantitative estimate of drug-likeness (QED) is 0.745. The van der Waals surface area contributed by atoms with Crippen LogP contribution in [-0.2, 0) is 0 Å². The molecule has 0 N–H and O–H groups in total. The SMILES string of the molecule is CC(C#N)Oc1cc(Cl)c(Cl)cc1Cl. The molecular formula is C9H6Cl3NO. The lowest BCUT2D eigenvalue weighted by molar-refractivity contribution is 0.276. The molecule has 0 amide bonds. The standard InChI is InChI=1S/C9H6Cl3NO/c1-5(4-13)14-9-3-7(11)6(10)2-8(9)12/h2-3,5H,1H3. The summed E-state index contributed by atoms with van der Waals surface area (Å²) in [5.41, 5.74) is 0. The van der Waals surface area contributed by atoms with Crippen molar-refractivity contribution in [1.29, 1.82) is 5.26 Å². The molecule has 14 heavy (non-hydrogen) atoms. The molecule has 0 aromatic heterocycles. The number of halogens is 3. The average molecular weight is 251 g/mol. The van der Waals surface area contributed by atoms with Crippen LogP contribution in [0.1, 0.15) is 6.92 Å². The van der Waals surface area contributed by atoms with E-state index < -0.39 is 6.10 Å². The summed E-state index contributed by atoms with van der Waals surface area (Å²) in [6.45, 7) is 1.61. The lowest BCUT2D eigenvalue weighted by Gasteiger charge is -2.10. The van der Waals surface area contributed by atoms with Gasteiger partial charge in [-0.2, -0.15) is 5.26 Å². The Bertz CT molecular complexity index is 386. The van der Waals surface area contributed by atoms with Gasteiger partial charge in [0.1, 0.15) is 11.8 Å². The summed E-state index contributed by atoms with van der Waals surface area (Å²) in [7, 11) is 0. The normalized spacial score (nSPS) is 11.9. The van der Waals surface area contributed by atoms with Crippen LogP contribution in [0.2, 0.25) is 15.1 Å². The van der Waals surface area contributed by atoms with Crippen molar-refractivity contribution in [1.82, 2.24) is 0 Å². The number of benzene rings is 1. The van der Waals surface area contributed by atoms with Crippen LogP contribution < -0.4 is 4.74 Å². The van der Waals surface area contributed by atoms with Crippen molar-refractivity contribution < 1.29 is 4.74 Å². The van der Waals surface area contributed by atoms with Crippen molar-refractivity contribution in [2.24, 2.45) is 0 Å². The summed E-state index contributed by atoms with van der Waals surface area (Å²) >= 11 is 17.3. The van der Waals surface area contributed by atoms with Crippen LogP contribution in [-0.4, -0.2) is 6.10 Å². The maximum atomic E-state index is 8.53. The van der Waals surface area contributed by atoms with Gasteiger partial charge in [0.25, 0.3) is 0 Å². The van der Waals surface area contributed by atoms with E-state index >= 15 is 0 Å². The Morgan fingerprint density at radius 3 is 2.36 bits per heavy atom. The fourth-order valence-corrected chi connectivity index (χ4v) is 1.39. The monoisotopic (exact) mass is 249 g/mol. The molecule has 1 atom stereocenters. The first kappa shape index (κ1) is 11.5. The lowest BCUT2D eigenvalue weighted by Crippen LogP contribution is -2.08. The van der Waals surface area contributed by atoms with E-state index in [0.29, 0.717) is 20.8 Å². The smallest absolute Gasteiger partial charge is 0.181 e. The second-order valence-electron chi connectivity index (χ2n) is 2.59. The first-order chi connectivity index (χ1) is 6.54. The van der Waals surface area contributed by atoms with Crippen LogP contribution in [0.15, 0.2) is 12.1 Å². The number of hydrogen-bond acceptors (Lipinski definition) is 2. The number of nitriles is 1. The van der Waals surface area contributed by atoms with Gasteiger partial charge in [-0.15, -0.1) is 0 Å². The molecule has 0 saturated heterocycles. The maximum absolute atomic E-state index is 8.53. The first-order valence-electron chi connectivity index (χ1n) is 3.75. The minimum Gasteiger partial charge on any atom is -0.474 e. The number of nitrogens with zero attached hydrogens (tertiary/aromatic N) is 1. The van der Waals surface area contributed by atoms with Crippen molar-refractivity contribution in [2.45, 2.75) is 13.0 Å². The van der Waals surface area contributed by atoms with Gasteiger partial charge >= 0.3 is 0 Å². The summed E-state index contributed by atoms with van der Waals surface area (Å²) < 4.78 is 5.19. The van der Waals surface area contributed by atoms with Gasteiger partial charge in [-0.1, -0.05) is 34.8 Å². The van der Waals surface area contributed by atoms with Gasteiger partial charge in [-0.05, 0) is 13.0 Å². The molecule has 0 aliphatic rings. The Morgan fingerprint density at radius 1 is 1.21 bits per heavy atom. The van der Waals surface area contributed by atoms with Gasteiger partial charge in [0, 0.05) is 6.07 Å². The number of rotatable bonds is 2. The van der Waals surface area contributed by atoms with Gasteiger partial charge in [-0.3, -0.25) is 0 Å². The summed E-state index contributed by atoms with van der Waals surface area (Å²) in [4.78, 5) is 0. The van der Waals surface area contributed by atoms with E-state index in [9.17, 15) is 0 Å². The van der Waals surface area contributed by atoms with E-state index in [1.54, 1.807) is 6.92 Å². The molecule has 1 aromatic carbocycles. The topological polar surface area (TPSA) is 33.0 Å². The highest BCUT2D eigenvalue weighted by Crippen LogP contribution is 2.34. The molecule has 0 heterocycles. The molecule has 1 aromatic rings. The minimum atomic E-state index is -0.579. The highest BCUT2D eigenvalue weighted by atomic mass is 35.5. The van der Waals surface area contributed by atoms with E-state index in [0.717, 1.165) is 0 Å². The molecule has 74 valence electrons. The molecular weight excluding hydrogens is 244 g/mol. The zero-order valence-corrected chi connectivity index (χ0v) is 9.49. The van der Waals surface area contributed by atoms with E-state index in [4.69, 9.17) is 44.8 Å². The Kier molecular flexibility index (Phi) is 3.88. The minimum absolute atomic E-state index is 0.335. The molecule has 0 fully saturated rings. The van der Waals surface area contributed by atoms with Crippen LogP contribution in [0.4, 0.5) is 0 Å². The van der Waals surface area contributed by atoms with Gasteiger partial charge < -0.3 is 4.74 Å². The van der Waals surface area contributed by atoms with Gasteiger partial charge in [0.15, 0.2) is 6.10 Å². The predicted octanol–water partition coefficient (Wildman–Crippen LogP) is 3.94. The molecule has 5 heteroatoms. The number of ether oxygens (including phenoxy) is 1. The zero-order valence-electron chi connectivity index (χ0n) is 7.22. The van der Waals surface area contributed by atoms with Crippen molar-refractivity contribution in [3.63, 3.8) is 0 Å². The fraction of sp³-hybridized carbons (Fsp3) is 0.222. The van der Waals surface area contributed by atoms with Crippen LogP contribution in [0.3, 0.4) is 0 Å². The molecule has 0 bridgehead atoms. The van der Waals surface area contributed by atoms with Crippen LogP contribution >= 0.6 is 34.8 Å². The van der Waals surface area contributed by atoms with Crippen LogP contribution in [0.25, 0.3) is 0 Å². The van der Waals surface area contributed by atoms with Crippen molar-refractivity contribution in [3.8, 4) is 11.8 Å².